The second-order valence-corrected chi connectivity index (χ2v) is 9.50. The largest absolute Gasteiger partial charge is 0.496 e. The quantitative estimate of drug-likeness (QED) is 0.697. The highest BCUT2D eigenvalue weighted by atomic mass is 32.2. The van der Waals surface area contributed by atoms with Gasteiger partial charge in [-0.1, -0.05) is 12.8 Å². The predicted molar refractivity (Wildman–Crippen MR) is 106 cm³/mol. The summed E-state index contributed by atoms with van der Waals surface area (Å²) in [5.41, 5.74) is 3.13. The fourth-order valence-corrected chi connectivity index (χ4v) is 5.20. The average Bonchev–Trinajstić information content (AvgIpc) is 2.99. The maximum Gasteiger partial charge on any atom is 0.269 e. The number of quaternary nitrogens is 1. The molecule has 28 heavy (non-hydrogen) atoms. The van der Waals surface area contributed by atoms with Crippen LogP contribution in [0.1, 0.15) is 36.0 Å². The molecule has 156 valence electrons. The lowest BCUT2D eigenvalue weighted by molar-refractivity contribution is -0.884. The number of likely N-dealkylation sites (N-methyl/N-ethyl adjacent to an activating group) is 1. The first kappa shape index (κ1) is 21.0. The Labute approximate surface area is 167 Å². The molecule has 2 heterocycles. The molecule has 3 rings (SSSR count). The molecule has 1 aromatic carbocycles. The molecule has 2 N–H and O–H groups in total. The van der Waals surface area contributed by atoms with Crippen molar-refractivity contribution in [2.24, 2.45) is 0 Å². The molecule has 0 aliphatic carbocycles. The van der Waals surface area contributed by atoms with E-state index in [2.05, 4.69) is 12.5 Å². The summed E-state index contributed by atoms with van der Waals surface area (Å²) in [4.78, 5) is 14.4. The van der Waals surface area contributed by atoms with Gasteiger partial charge in [-0.25, -0.2) is 13.4 Å². The van der Waals surface area contributed by atoms with E-state index < -0.39 is 10.0 Å². The van der Waals surface area contributed by atoms with Crippen molar-refractivity contribution in [2.45, 2.75) is 30.6 Å². The molecule has 1 aromatic rings. The Balaban J connectivity index is 1.82. The fraction of sp³-hybridized carbons (Fsp3) is 0.632. The lowest BCUT2D eigenvalue weighted by Crippen LogP contribution is -3.12. The molecule has 0 bridgehead atoms. The summed E-state index contributed by atoms with van der Waals surface area (Å²) < 4.78 is 33.0. The standard InChI is InChI=1S/C19H30N4O4S/c1-21-11-13-22(14-12-21)20-19(24)17-15-16(7-8-18(17)27-2)28(25,26)23-9-5-3-4-6-10-23/h7-8,15H,3-6,9-14H2,1-2H3,(H,20,24)/p+1. The van der Waals surface area contributed by atoms with Crippen LogP contribution in [0.25, 0.3) is 0 Å². The number of carbonyl (C=O) groups is 1. The molecular formula is C19H31N4O4S+. The number of hydrogen-bond acceptors (Lipinski definition) is 5. The van der Waals surface area contributed by atoms with E-state index in [0.717, 1.165) is 51.9 Å². The van der Waals surface area contributed by atoms with Gasteiger partial charge in [0, 0.05) is 13.1 Å². The van der Waals surface area contributed by atoms with E-state index in [1.54, 1.807) is 6.07 Å². The van der Waals surface area contributed by atoms with Crippen molar-refractivity contribution in [3.05, 3.63) is 23.8 Å². The van der Waals surface area contributed by atoms with E-state index in [-0.39, 0.29) is 16.4 Å². The summed E-state index contributed by atoms with van der Waals surface area (Å²) in [6.07, 6.45) is 3.84. The molecule has 0 saturated carbocycles. The number of piperazine rings is 1. The lowest BCUT2D eigenvalue weighted by atomic mass is 10.2. The molecule has 0 unspecified atom stereocenters. The number of hydrogen-bond donors (Lipinski definition) is 2. The van der Waals surface area contributed by atoms with Gasteiger partial charge in [-0.15, -0.1) is 0 Å². The van der Waals surface area contributed by atoms with Gasteiger partial charge in [0.15, 0.2) is 0 Å². The first-order valence-electron chi connectivity index (χ1n) is 9.97. The molecule has 2 fully saturated rings. The maximum atomic E-state index is 13.1. The monoisotopic (exact) mass is 411 g/mol. The van der Waals surface area contributed by atoms with Crippen molar-refractivity contribution < 1.29 is 22.8 Å². The molecule has 0 spiro atoms. The van der Waals surface area contributed by atoms with Crippen molar-refractivity contribution >= 4 is 15.9 Å². The summed E-state index contributed by atoms with van der Waals surface area (Å²) >= 11 is 0. The van der Waals surface area contributed by atoms with Gasteiger partial charge in [-0.2, -0.15) is 4.31 Å². The van der Waals surface area contributed by atoms with Crippen LogP contribution >= 0.6 is 0 Å². The van der Waals surface area contributed by atoms with Crippen LogP contribution < -0.4 is 15.1 Å². The maximum absolute atomic E-state index is 13.1. The second-order valence-electron chi connectivity index (χ2n) is 7.57. The minimum absolute atomic E-state index is 0.142. The van der Waals surface area contributed by atoms with E-state index in [9.17, 15) is 13.2 Å². The number of ether oxygens (including phenoxy) is 1. The second kappa shape index (κ2) is 9.21. The summed E-state index contributed by atoms with van der Waals surface area (Å²) in [6.45, 7) is 4.46. The van der Waals surface area contributed by atoms with Crippen LogP contribution in [0.5, 0.6) is 5.75 Å². The summed E-state index contributed by atoms with van der Waals surface area (Å²) in [6, 6.07) is 4.53. The minimum Gasteiger partial charge on any atom is -0.496 e. The number of carbonyl (C=O) groups excluding carboxylic acids is 1. The zero-order valence-electron chi connectivity index (χ0n) is 16.7. The van der Waals surface area contributed by atoms with Gasteiger partial charge in [0.25, 0.3) is 5.91 Å². The van der Waals surface area contributed by atoms with Crippen LogP contribution in [0.3, 0.4) is 0 Å². The van der Waals surface area contributed by atoms with E-state index in [0.29, 0.717) is 18.8 Å². The van der Waals surface area contributed by atoms with Crippen LogP contribution in [0.2, 0.25) is 0 Å². The summed E-state index contributed by atoms with van der Waals surface area (Å²) in [7, 11) is -0.0211. The molecule has 2 saturated heterocycles. The number of sulfonamides is 1. The highest BCUT2D eigenvalue weighted by molar-refractivity contribution is 7.89. The third-order valence-corrected chi connectivity index (χ3v) is 7.39. The molecule has 2 aliphatic rings. The van der Waals surface area contributed by atoms with E-state index >= 15 is 0 Å². The van der Waals surface area contributed by atoms with Crippen LogP contribution in [0, 0.1) is 0 Å². The molecule has 0 atom stereocenters. The molecule has 0 radical (unpaired) electrons. The molecule has 8 nitrogen and oxygen atoms in total. The van der Waals surface area contributed by atoms with Crippen molar-refractivity contribution in [3.63, 3.8) is 0 Å². The van der Waals surface area contributed by atoms with Crippen molar-refractivity contribution in [3.8, 4) is 5.75 Å². The van der Waals surface area contributed by atoms with Crippen LogP contribution in [0.15, 0.2) is 23.1 Å². The molecular weight excluding hydrogens is 380 g/mol. The predicted octanol–water partition coefficient (Wildman–Crippen LogP) is -0.265. The van der Waals surface area contributed by atoms with Crippen molar-refractivity contribution in [1.29, 1.82) is 0 Å². The van der Waals surface area contributed by atoms with Gasteiger partial charge in [0.2, 0.25) is 10.0 Å². The van der Waals surface area contributed by atoms with Crippen molar-refractivity contribution in [1.82, 2.24) is 14.7 Å². The topological polar surface area (TPSA) is 83.4 Å². The number of benzene rings is 1. The number of nitrogens with one attached hydrogen (secondary N) is 2. The fourth-order valence-electron chi connectivity index (χ4n) is 3.66. The number of methoxy groups -OCH3 is 1. The zero-order valence-corrected chi connectivity index (χ0v) is 17.6. The molecule has 2 aliphatic heterocycles. The molecule has 9 heteroatoms. The van der Waals surface area contributed by atoms with Crippen LogP contribution in [-0.2, 0) is 10.0 Å². The smallest absolute Gasteiger partial charge is 0.269 e. The highest BCUT2D eigenvalue weighted by Gasteiger charge is 2.28. The van der Waals surface area contributed by atoms with E-state index in [4.69, 9.17) is 4.74 Å². The van der Waals surface area contributed by atoms with Crippen molar-refractivity contribution in [2.75, 3.05) is 53.4 Å². The Morgan fingerprint density at radius 2 is 1.71 bits per heavy atom. The Kier molecular flexibility index (Phi) is 6.92. The van der Waals surface area contributed by atoms with Gasteiger partial charge < -0.3 is 9.64 Å². The van der Waals surface area contributed by atoms with Crippen LogP contribution in [-0.4, -0.2) is 77.1 Å². The van der Waals surface area contributed by atoms with Gasteiger partial charge in [-0.05, 0) is 31.0 Å². The number of hydrazine groups is 1. The first-order valence-corrected chi connectivity index (χ1v) is 11.4. The highest BCUT2D eigenvalue weighted by Crippen LogP contribution is 2.26. The van der Waals surface area contributed by atoms with Gasteiger partial charge >= 0.3 is 0 Å². The average molecular weight is 412 g/mol. The Morgan fingerprint density at radius 1 is 1.07 bits per heavy atom. The SMILES string of the molecule is COc1ccc(S(=O)(=O)N2CCCCCC2)cc1C(=O)NN1CC[NH+](C)CC1. The summed E-state index contributed by atoms with van der Waals surface area (Å²) in [5.74, 6) is 0.0244. The third kappa shape index (κ3) is 4.83. The molecule has 1 amide bonds. The normalized spacial score (nSPS) is 20.5. The Hall–Kier alpha value is -1.68. The van der Waals surface area contributed by atoms with Gasteiger partial charge in [0.05, 0.1) is 50.8 Å². The van der Waals surface area contributed by atoms with E-state index in [1.807, 2.05) is 5.01 Å². The number of amides is 1. The summed E-state index contributed by atoms with van der Waals surface area (Å²) in [5, 5.41) is 1.88. The Morgan fingerprint density at radius 3 is 2.32 bits per heavy atom. The first-order chi connectivity index (χ1) is 13.4. The van der Waals surface area contributed by atoms with Crippen LogP contribution in [0.4, 0.5) is 0 Å². The third-order valence-electron chi connectivity index (χ3n) is 5.50. The van der Waals surface area contributed by atoms with E-state index in [1.165, 1.54) is 28.4 Å². The Bertz CT molecular complexity index is 783. The minimum atomic E-state index is -3.63. The van der Waals surface area contributed by atoms with Gasteiger partial charge in [-0.3, -0.25) is 10.2 Å². The number of nitrogens with zero attached hydrogens (tertiary/aromatic N) is 2. The number of rotatable bonds is 5. The molecule has 0 aromatic heterocycles. The zero-order chi connectivity index (χ0) is 20.1. The lowest BCUT2D eigenvalue weighted by Gasteiger charge is -2.30. The van der Waals surface area contributed by atoms with Gasteiger partial charge in [0.1, 0.15) is 5.75 Å².